The Kier molecular flexibility index (Phi) is 3.36. The molecule has 0 aliphatic rings. The first-order chi connectivity index (χ1) is 8.91. The average Bonchev–Trinajstić information content (AvgIpc) is 2.81. The molecule has 0 amide bonds. The zero-order chi connectivity index (χ0) is 14.0. The van der Waals surface area contributed by atoms with Crippen molar-refractivity contribution in [2.45, 2.75) is 11.4 Å². The summed E-state index contributed by atoms with van der Waals surface area (Å²) in [6.07, 6.45) is 3.90. The summed E-state index contributed by atoms with van der Waals surface area (Å²) in [7, 11) is -2.66. The third-order valence-corrected chi connectivity index (χ3v) is 4.24. The summed E-state index contributed by atoms with van der Waals surface area (Å²) in [5, 5.41) is 6.26. The van der Waals surface area contributed by atoms with Crippen LogP contribution in [0.25, 0.3) is 0 Å². The van der Waals surface area contributed by atoms with E-state index in [1.54, 1.807) is 6.20 Å². The van der Waals surface area contributed by atoms with Crippen LogP contribution >= 0.6 is 0 Å². The molecule has 0 bridgehead atoms. The molecule has 0 aliphatic heterocycles. The maximum absolute atomic E-state index is 12.1. The third kappa shape index (κ3) is 2.63. The van der Waals surface area contributed by atoms with Gasteiger partial charge in [0.05, 0.1) is 6.20 Å². The number of hydrogen-bond donors (Lipinski definition) is 3. The smallest absolute Gasteiger partial charge is 0.313 e. The first-order valence-electron chi connectivity index (χ1n) is 5.17. The average molecular weight is 285 g/mol. The second kappa shape index (κ2) is 4.82. The van der Waals surface area contributed by atoms with E-state index in [-0.39, 0.29) is 6.54 Å². The fourth-order valence-electron chi connectivity index (χ4n) is 1.46. The topological polar surface area (TPSA) is 132 Å². The number of H-pyrrole nitrogens is 3. The largest absolute Gasteiger partial charge is 0.325 e. The lowest BCUT2D eigenvalue weighted by atomic mass is 10.4. The molecule has 2 rings (SSSR count). The van der Waals surface area contributed by atoms with Gasteiger partial charge >= 0.3 is 5.69 Å². The van der Waals surface area contributed by atoms with Crippen LogP contribution < -0.4 is 11.2 Å². The second-order valence-electron chi connectivity index (χ2n) is 3.80. The van der Waals surface area contributed by atoms with E-state index in [2.05, 4.69) is 15.2 Å². The molecule has 0 atom stereocenters. The van der Waals surface area contributed by atoms with Crippen LogP contribution in [0.3, 0.4) is 0 Å². The quantitative estimate of drug-likeness (QED) is 0.636. The van der Waals surface area contributed by atoms with E-state index in [9.17, 15) is 18.0 Å². The molecular formula is C9H11N5O4S. The van der Waals surface area contributed by atoms with Crippen molar-refractivity contribution in [1.29, 1.82) is 0 Å². The zero-order valence-corrected chi connectivity index (χ0v) is 10.7. The van der Waals surface area contributed by atoms with Crippen LogP contribution in [0.4, 0.5) is 0 Å². The van der Waals surface area contributed by atoms with Gasteiger partial charge in [-0.15, -0.1) is 0 Å². The summed E-state index contributed by atoms with van der Waals surface area (Å²) < 4.78 is 25.3. The molecular weight excluding hydrogens is 274 g/mol. The Bertz CT molecular complexity index is 773. The minimum Gasteiger partial charge on any atom is -0.313 e. The highest BCUT2D eigenvalue weighted by atomic mass is 32.2. The molecule has 2 heterocycles. The van der Waals surface area contributed by atoms with Crippen molar-refractivity contribution in [3.8, 4) is 0 Å². The highest BCUT2D eigenvalue weighted by Crippen LogP contribution is 2.11. The van der Waals surface area contributed by atoms with Crippen molar-refractivity contribution in [3.05, 3.63) is 45.0 Å². The lowest BCUT2D eigenvalue weighted by Crippen LogP contribution is -2.34. The van der Waals surface area contributed by atoms with Gasteiger partial charge in [0.25, 0.3) is 5.56 Å². The predicted molar refractivity (Wildman–Crippen MR) is 64.9 cm³/mol. The SMILES string of the molecule is CN(Cc1cn[nH]c1)S(=O)(=O)c1c[nH]c(=O)[nH]c1=O. The molecule has 19 heavy (non-hydrogen) atoms. The molecule has 0 radical (unpaired) electrons. The maximum Gasteiger partial charge on any atom is 0.325 e. The molecule has 9 nitrogen and oxygen atoms in total. The summed E-state index contributed by atoms with van der Waals surface area (Å²) in [4.78, 5) is 25.8. The van der Waals surface area contributed by atoms with Crippen LogP contribution in [0, 0.1) is 0 Å². The Morgan fingerprint density at radius 1 is 1.32 bits per heavy atom. The van der Waals surface area contributed by atoms with Crippen LogP contribution in [-0.2, 0) is 16.6 Å². The molecule has 2 aromatic heterocycles. The molecule has 0 saturated heterocycles. The van der Waals surface area contributed by atoms with E-state index in [1.807, 2.05) is 4.98 Å². The van der Waals surface area contributed by atoms with Gasteiger partial charge in [0.1, 0.15) is 0 Å². The number of aromatic nitrogens is 4. The minimum absolute atomic E-state index is 0.0530. The van der Waals surface area contributed by atoms with Gasteiger partial charge in [-0.05, 0) is 0 Å². The van der Waals surface area contributed by atoms with Crippen molar-refractivity contribution >= 4 is 10.0 Å². The highest BCUT2D eigenvalue weighted by molar-refractivity contribution is 7.89. The van der Waals surface area contributed by atoms with E-state index in [0.717, 1.165) is 10.5 Å². The summed E-state index contributed by atoms with van der Waals surface area (Å²) in [6, 6.07) is 0. The van der Waals surface area contributed by atoms with E-state index < -0.39 is 26.2 Å². The second-order valence-corrected chi connectivity index (χ2v) is 5.82. The van der Waals surface area contributed by atoms with Gasteiger partial charge < -0.3 is 4.98 Å². The molecule has 10 heteroatoms. The lowest BCUT2D eigenvalue weighted by Gasteiger charge is -2.15. The first kappa shape index (κ1) is 13.2. The monoisotopic (exact) mass is 285 g/mol. The van der Waals surface area contributed by atoms with Crippen molar-refractivity contribution < 1.29 is 8.42 Å². The summed E-state index contributed by atoms with van der Waals surface area (Å²) in [6.45, 7) is 0.0530. The normalized spacial score (nSPS) is 11.9. The number of aromatic amines is 3. The lowest BCUT2D eigenvalue weighted by molar-refractivity contribution is 0.465. The number of nitrogens with one attached hydrogen (secondary N) is 3. The summed E-state index contributed by atoms with van der Waals surface area (Å²) >= 11 is 0. The van der Waals surface area contributed by atoms with Gasteiger partial charge in [-0.3, -0.25) is 14.9 Å². The van der Waals surface area contributed by atoms with Crippen molar-refractivity contribution in [2.75, 3.05) is 7.05 Å². The number of rotatable bonds is 4. The van der Waals surface area contributed by atoms with Crippen LogP contribution in [-0.4, -0.2) is 39.9 Å². The molecule has 0 unspecified atom stereocenters. The van der Waals surface area contributed by atoms with E-state index in [0.29, 0.717) is 5.56 Å². The van der Waals surface area contributed by atoms with Crippen molar-refractivity contribution in [2.24, 2.45) is 0 Å². The van der Waals surface area contributed by atoms with Gasteiger partial charge in [0, 0.05) is 31.5 Å². The Labute approximate surface area is 107 Å². The Morgan fingerprint density at radius 3 is 2.63 bits per heavy atom. The molecule has 0 spiro atoms. The van der Waals surface area contributed by atoms with Gasteiger partial charge in [0.15, 0.2) is 4.90 Å². The summed E-state index contributed by atoms with van der Waals surface area (Å²) in [5.74, 6) is 0. The van der Waals surface area contributed by atoms with Crippen LogP contribution in [0.5, 0.6) is 0 Å². The molecule has 0 saturated carbocycles. The van der Waals surface area contributed by atoms with Gasteiger partial charge in [-0.2, -0.15) is 9.40 Å². The molecule has 2 aromatic rings. The van der Waals surface area contributed by atoms with Crippen molar-refractivity contribution in [1.82, 2.24) is 24.5 Å². The minimum atomic E-state index is -3.98. The molecule has 102 valence electrons. The van der Waals surface area contributed by atoms with Gasteiger partial charge in [-0.25, -0.2) is 13.2 Å². The number of sulfonamides is 1. The fourth-order valence-corrected chi connectivity index (χ4v) is 2.61. The maximum atomic E-state index is 12.1. The van der Waals surface area contributed by atoms with Gasteiger partial charge in [-0.1, -0.05) is 0 Å². The third-order valence-electron chi connectivity index (χ3n) is 2.43. The molecule has 0 fully saturated rings. The molecule has 3 N–H and O–H groups in total. The highest BCUT2D eigenvalue weighted by Gasteiger charge is 2.24. The van der Waals surface area contributed by atoms with E-state index in [4.69, 9.17) is 0 Å². The van der Waals surface area contributed by atoms with Crippen molar-refractivity contribution in [3.63, 3.8) is 0 Å². The number of hydrogen-bond acceptors (Lipinski definition) is 5. The molecule has 0 aromatic carbocycles. The Hall–Kier alpha value is -2.20. The Morgan fingerprint density at radius 2 is 2.05 bits per heavy atom. The standard InChI is InChI=1S/C9H11N5O4S/c1-14(5-6-2-11-12-3-6)19(17,18)7-4-10-9(16)13-8(7)15/h2-4H,5H2,1H3,(H,11,12)(H2,10,13,15,16). The summed E-state index contributed by atoms with van der Waals surface area (Å²) in [5.41, 5.74) is -1.07. The number of nitrogens with zero attached hydrogens (tertiary/aromatic N) is 2. The van der Waals surface area contributed by atoms with Gasteiger partial charge in [0.2, 0.25) is 10.0 Å². The fraction of sp³-hybridized carbons (Fsp3) is 0.222. The first-order valence-corrected chi connectivity index (χ1v) is 6.61. The Balaban J connectivity index is 2.36. The van der Waals surface area contributed by atoms with E-state index in [1.165, 1.54) is 13.2 Å². The van der Waals surface area contributed by atoms with Crippen LogP contribution in [0.2, 0.25) is 0 Å². The van der Waals surface area contributed by atoms with Crippen LogP contribution in [0.15, 0.2) is 33.1 Å². The van der Waals surface area contributed by atoms with E-state index >= 15 is 0 Å². The zero-order valence-electron chi connectivity index (χ0n) is 9.87. The van der Waals surface area contributed by atoms with Crippen LogP contribution in [0.1, 0.15) is 5.56 Å². The predicted octanol–water partition coefficient (Wildman–Crippen LogP) is -1.39. The molecule has 0 aliphatic carbocycles.